The van der Waals surface area contributed by atoms with E-state index in [1.165, 1.54) is 81.3 Å². The van der Waals surface area contributed by atoms with Crippen molar-refractivity contribution in [3.8, 4) is 22.3 Å². The molecule has 0 saturated heterocycles. The zero-order valence-electron chi connectivity index (χ0n) is 20.8. The lowest BCUT2D eigenvalue weighted by Crippen LogP contribution is -2.27. The van der Waals surface area contributed by atoms with E-state index < -0.39 is 5.41 Å². The molecule has 0 atom stereocenters. The summed E-state index contributed by atoms with van der Waals surface area (Å²) in [7, 11) is 0. The molecule has 0 amide bonds. The Bertz CT molecular complexity index is 1390. The summed E-state index contributed by atoms with van der Waals surface area (Å²) >= 11 is 0. The van der Waals surface area contributed by atoms with E-state index in [2.05, 4.69) is 80.6 Å². The molecule has 0 radical (unpaired) electrons. The summed E-state index contributed by atoms with van der Waals surface area (Å²) in [6, 6.07) is 27.3. The summed E-state index contributed by atoms with van der Waals surface area (Å²) in [6.07, 6.45) is 6.97. The molecule has 4 N–H and O–H groups in total. The average Bonchev–Trinajstić information content (AvgIpc) is 3.35. The van der Waals surface area contributed by atoms with Crippen molar-refractivity contribution in [1.82, 2.24) is 0 Å². The van der Waals surface area contributed by atoms with Crippen molar-refractivity contribution in [2.75, 3.05) is 11.5 Å². The molecule has 2 heteroatoms. The Labute approximate surface area is 209 Å². The van der Waals surface area contributed by atoms with E-state index in [9.17, 15) is 0 Å². The van der Waals surface area contributed by atoms with E-state index in [1.54, 1.807) is 0 Å². The maximum Gasteiger partial charge on any atom is 0.0746 e. The first-order chi connectivity index (χ1) is 17.1. The lowest BCUT2D eigenvalue weighted by Gasteiger charge is -2.32. The van der Waals surface area contributed by atoms with E-state index in [0.717, 1.165) is 18.5 Å². The van der Waals surface area contributed by atoms with Crippen molar-refractivity contribution < 1.29 is 0 Å². The third-order valence-electron chi connectivity index (χ3n) is 8.18. The van der Waals surface area contributed by atoms with Gasteiger partial charge >= 0.3 is 0 Å². The van der Waals surface area contributed by atoms with Crippen LogP contribution in [-0.2, 0) is 18.3 Å². The van der Waals surface area contributed by atoms with Crippen molar-refractivity contribution >= 4 is 11.4 Å². The number of aryl methyl sites for hydroxylation is 2. The summed E-state index contributed by atoms with van der Waals surface area (Å²) in [5, 5.41) is 0. The highest BCUT2D eigenvalue weighted by atomic mass is 14.7. The average molecular weight is 459 g/mol. The van der Waals surface area contributed by atoms with Crippen LogP contribution < -0.4 is 11.5 Å². The van der Waals surface area contributed by atoms with Gasteiger partial charge in [-0.05, 0) is 81.8 Å². The quantitative estimate of drug-likeness (QED) is 0.249. The largest absolute Gasteiger partial charge is 0.397 e. The summed E-state index contributed by atoms with van der Waals surface area (Å²) in [5.74, 6) is 0. The van der Waals surface area contributed by atoms with Crippen LogP contribution in [0.25, 0.3) is 22.3 Å². The Hall–Kier alpha value is -3.52. The normalized spacial score (nSPS) is 14.0. The number of unbranched alkanes of at least 4 members (excludes halogenated alkanes) is 2. The fourth-order valence-corrected chi connectivity index (χ4v) is 6.49. The minimum absolute atomic E-state index is 0.430. The number of hydrogen-bond acceptors (Lipinski definition) is 2. The maximum atomic E-state index is 6.89. The molecular formula is C33H34N2. The minimum Gasteiger partial charge on any atom is -0.397 e. The predicted octanol–water partition coefficient (Wildman–Crippen LogP) is 7.88. The Morgan fingerprint density at radius 2 is 1.14 bits per heavy atom. The number of rotatable bonds is 6. The van der Waals surface area contributed by atoms with Gasteiger partial charge in [0.2, 0.25) is 0 Å². The molecule has 2 aliphatic rings. The maximum absolute atomic E-state index is 6.89. The molecule has 0 fully saturated rings. The highest BCUT2D eigenvalue weighted by molar-refractivity contribution is 5.99. The van der Waals surface area contributed by atoms with Gasteiger partial charge in [0.25, 0.3) is 0 Å². The number of hydrogen-bond donors (Lipinski definition) is 2. The SMILES string of the molecule is CCCCc1ccc2c(c1)C1(c3cc(CCCC)ccc3-2)c2ccccc2-c2ccc(N)c(N)c21. The third kappa shape index (κ3) is 3.02. The molecule has 4 aromatic rings. The number of nitrogens with two attached hydrogens (primary N) is 2. The standard InChI is InChI=1S/C33H34N2/c1-3-5-9-21-13-15-24-25-16-14-22(10-6-4-2)20-29(25)33(28(24)19-21)27-12-8-7-11-23(27)26-17-18-30(34)32(35)31(26)33/h7-8,11-20H,3-6,9-10,34-35H2,1-2H3. The van der Waals surface area contributed by atoms with E-state index in [-0.39, 0.29) is 0 Å². The highest BCUT2D eigenvalue weighted by Gasteiger charge is 2.53. The minimum atomic E-state index is -0.430. The van der Waals surface area contributed by atoms with E-state index in [1.807, 2.05) is 6.07 Å². The lowest BCUT2D eigenvalue weighted by molar-refractivity contribution is 0.769. The van der Waals surface area contributed by atoms with E-state index >= 15 is 0 Å². The Morgan fingerprint density at radius 3 is 1.74 bits per heavy atom. The van der Waals surface area contributed by atoms with Crippen LogP contribution >= 0.6 is 0 Å². The Morgan fingerprint density at radius 1 is 0.600 bits per heavy atom. The number of anilines is 2. The predicted molar refractivity (Wildman–Crippen MR) is 149 cm³/mol. The van der Waals surface area contributed by atoms with Gasteiger partial charge in [-0.1, -0.05) is 93.4 Å². The first kappa shape index (κ1) is 22.0. The van der Waals surface area contributed by atoms with E-state index in [0.29, 0.717) is 5.69 Å². The first-order valence-electron chi connectivity index (χ1n) is 13.2. The van der Waals surface area contributed by atoms with Crippen LogP contribution in [0.15, 0.2) is 72.8 Å². The number of benzene rings is 4. The molecule has 1 spiro atoms. The molecule has 4 aromatic carbocycles. The molecule has 2 aliphatic carbocycles. The second-order valence-corrected chi connectivity index (χ2v) is 10.3. The molecule has 0 bridgehead atoms. The molecule has 35 heavy (non-hydrogen) atoms. The first-order valence-corrected chi connectivity index (χ1v) is 13.2. The van der Waals surface area contributed by atoms with Crippen LogP contribution in [0.4, 0.5) is 11.4 Å². The Kier molecular flexibility index (Phi) is 5.21. The fraction of sp³-hybridized carbons (Fsp3) is 0.273. The third-order valence-corrected chi connectivity index (χ3v) is 8.18. The van der Waals surface area contributed by atoms with Crippen molar-refractivity contribution in [2.24, 2.45) is 0 Å². The fourth-order valence-electron chi connectivity index (χ4n) is 6.49. The van der Waals surface area contributed by atoms with Crippen molar-refractivity contribution in [3.63, 3.8) is 0 Å². The summed E-state index contributed by atoms with van der Waals surface area (Å²) in [5.41, 5.74) is 27.5. The molecule has 0 aromatic heterocycles. The summed E-state index contributed by atoms with van der Waals surface area (Å²) in [4.78, 5) is 0. The molecular weight excluding hydrogens is 424 g/mol. The molecule has 0 unspecified atom stereocenters. The molecule has 0 aliphatic heterocycles. The zero-order valence-corrected chi connectivity index (χ0v) is 20.8. The van der Waals surface area contributed by atoms with Gasteiger partial charge in [-0.2, -0.15) is 0 Å². The van der Waals surface area contributed by atoms with Gasteiger partial charge in [0, 0.05) is 5.56 Å². The van der Waals surface area contributed by atoms with Crippen LogP contribution in [0.3, 0.4) is 0 Å². The van der Waals surface area contributed by atoms with Gasteiger partial charge < -0.3 is 11.5 Å². The van der Waals surface area contributed by atoms with Crippen molar-refractivity contribution in [3.05, 3.63) is 106 Å². The van der Waals surface area contributed by atoms with Gasteiger partial charge in [0.1, 0.15) is 0 Å². The van der Waals surface area contributed by atoms with Gasteiger partial charge in [-0.15, -0.1) is 0 Å². The molecule has 6 rings (SSSR count). The molecule has 2 nitrogen and oxygen atoms in total. The van der Waals surface area contributed by atoms with E-state index in [4.69, 9.17) is 11.5 Å². The van der Waals surface area contributed by atoms with Gasteiger partial charge in [0.05, 0.1) is 16.8 Å². The van der Waals surface area contributed by atoms with Gasteiger partial charge in [-0.25, -0.2) is 0 Å². The molecule has 0 heterocycles. The highest BCUT2D eigenvalue weighted by Crippen LogP contribution is 2.64. The smallest absolute Gasteiger partial charge is 0.0746 e. The van der Waals surface area contributed by atoms with Crippen molar-refractivity contribution in [1.29, 1.82) is 0 Å². The van der Waals surface area contributed by atoms with Gasteiger partial charge in [0.15, 0.2) is 0 Å². The topological polar surface area (TPSA) is 52.0 Å². The summed E-state index contributed by atoms with van der Waals surface area (Å²) in [6.45, 7) is 4.52. The Balaban J connectivity index is 1.73. The van der Waals surface area contributed by atoms with Crippen LogP contribution in [0, 0.1) is 0 Å². The number of fused-ring (bicyclic) bond motifs is 10. The lowest BCUT2D eigenvalue weighted by atomic mass is 9.69. The molecule has 176 valence electrons. The monoisotopic (exact) mass is 458 g/mol. The zero-order chi connectivity index (χ0) is 24.2. The van der Waals surface area contributed by atoms with Crippen LogP contribution in [0.1, 0.15) is 72.9 Å². The second kappa shape index (κ2) is 8.30. The van der Waals surface area contributed by atoms with Crippen LogP contribution in [0.5, 0.6) is 0 Å². The van der Waals surface area contributed by atoms with Gasteiger partial charge in [-0.3, -0.25) is 0 Å². The van der Waals surface area contributed by atoms with Crippen LogP contribution in [-0.4, -0.2) is 0 Å². The number of nitrogen functional groups attached to an aromatic ring is 2. The van der Waals surface area contributed by atoms with Crippen LogP contribution in [0.2, 0.25) is 0 Å². The van der Waals surface area contributed by atoms with Crippen molar-refractivity contribution in [2.45, 2.75) is 57.8 Å². The second-order valence-electron chi connectivity index (χ2n) is 10.3. The summed E-state index contributed by atoms with van der Waals surface area (Å²) < 4.78 is 0. The molecule has 0 saturated carbocycles.